The van der Waals surface area contributed by atoms with Crippen molar-refractivity contribution in [2.45, 2.75) is 83.5 Å². The zero-order chi connectivity index (χ0) is 41.0. The highest BCUT2D eigenvalue weighted by Gasteiger charge is 2.49. The number of Topliss-reactive ketones (excluding diaryl/α,β-unsaturated/α-hetero) is 1. The molecule has 2 N–H and O–H groups in total. The maximum Gasteiger partial charge on any atom is 0.322 e. The van der Waals surface area contributed by atoms with Crippen molar-refractivity contribution in [2.24, 2.45) is 10.8 Å². The first-order valence-corrected chi connectivity index (χ1v) is 21.3. The van der Waals surface area contributed by atoms with Crippen LogP contribution in [-0.4, -0.2) is 81.1 Å². The lowest BCUT2D eigenvalue weighted by atomic mass is 9.67. The Morgan fingerprint density at radius 3 is 1.84 bits per heavy atom. The third kappa shape index (κ3) is 11.2. The molecule has 0 aliphatic rings. The number of nitrogens with one attached hydrogen (secondary N) is 2. The molecule has 0 bridgehead atoms. The molecule has 318 valence electrons. The number of carbonyl (C=O) groups excluding carboxylic acids is 3. The van der Waals surface area contributed by atoms with Crippen molar-refractivity contribution in [3.63, 3.8) is 0 Å². The average molecular weight is 924 g/mol. The van der Waals surface area contributed by atoms with E-state index in [0.29, 0.717) is 49.7 Å². The van der Waals surface area contributed by atoms with Crippen LogP contribution >= 0.6 is 27.3 Å². The van der Waals surface area contributed by atoms with E-state index in [9.17, 15) is 24.0 Å². The predicted molar refractivity (Wildman–Crippen MR) is 230 cm³/mol. The number of esters is 2. The van der Waals surface area contributed by atoms with Crippen molar-refractivity contribution < 1.29 is 58.5 Å². The summed E-state index contributed by atoms with van der Waals surface area (Å²) in [6, 6.07) is 15.9. The lowest BCUT2D eigenvalue weighted by Crippen LogP contribution is -3.06. The van der Waals surface area contributed by atoms with Gasteiger partial charge in [0, 0.05) is 49.3 Å². The lowest BCUT2D eigenvalue weighted by Gasteiger charge is -2.38. The number of carbonyl (C=O) groups is 3. The zero-order valence-corrected chi connectivity index (χ0v) is 38.9. The number of pyridine rings is 1. The van der Waals surface area contributed by atoms with Gasteiger partial charge in [0.25, 0.3) is 11.1 Å². The van der Waals surface area contributed by atoms with Gasteiger partial charge in [-0.05, 0) is 74.6 Å². The summed E-state index contributed by atoms with van der Waals surface area (Å²) in [5, 5.41) is 5.00. The van der Waals surface area contributed by atoms with Crippen molar-refractivity contribution in [1.29, 1.82) is 0 Å². The van der Waals surface area contributed by atoms with E-state index < -0.39 is 27.1 Å². The number of unbranched alkanes of at least 4 members (excludes halogenated alkanes) is 3. The molecule has 0 fully saturated rings. The summed E-state index contributed by atoms with van der Waals surface area (Å²) in [5.41, 5.74) is -2.55. The first-order valence-electron chi connectivity index (χ1n) is 19.7. The van der Waals surface area contributed by atoms with Gasteiger partial charge < -0.3 is 44.1 Å². The fraction of sp³-hybridized carbons (Fsp3) is 0.523. The SMILES string of the molecule is C[NH+](C)CCOC(=O)C(C)(Br)CC(C)(CC(C)(C)C(=O)CCCCCCn1c(=O)c2ccc3sc4ccccc4c4ccc(c1=O)c2c34)C(=O)OCC[NH+](C)C.[Cl-].[Cl-]. The smallest absolute Gasteiger partial charge is 0.322 e. The minimum atomic E-state index is -1.16. The number of ether oxygens (including phenoxy) is 2. The molecule has 0 spiro atoms. The monoisotopic (exact) mass is 921 g/mol. The van der Waals surface area contributed by atoms with Crippen LogP contribution in [0.15, 0.2) is 58.1 Å². The molecule has 10 nitrogen and oxygen atoms in total. The molecule has 2 heterocycles. The normalized spacial score (nSPS) is 14.1. The van der Waals surface area contributed by atoms with Crippen molar-refractivity contribution in [1.82, 2.24) is 4.57 Å². The third-order valence-corrected chi connectivity index (χ3v) is 12.6. The van der Waals surface area contributed by atoms with Gasteiger partial charge in [0.2, 0.25) is 0 Å². The van der Waals surface area contributed by atoms with Gasteiger partial charge in [0.15, 0.2) is 0 Å². The van der Waals surface area contributed by atoms with Crippen LogP contribution < -0.4 is 45.7 Å². The van der Waals surface area contributed by atoms with Gasteiger partial charge in [0.05, 0.1) is 33.6 Å². The highest BCUT2D eigenvalue weighted by Crippen LogP contribution is 2.45. The second-order valence-electron chi connectivity index (χ2n) is 17.2. The van der Waals surface area contributed by atoms with Gasteiger partial charge in [-0.2, -0.15) is 0 Å². The Balaban J connectivity index is 0.00000450. The zero-order valence-electron chi connectivity index (χ0n) is 35.0. The van der Waals surface area contributed by atoms with Gasteiger partial charge in [-0.1, -0.05) is 66.9 Å². The van der Waals surface area contributed by atoms with Crippen LogP contribution in [0.3, 0.4) is 0 Å². The van der Waals surface area contributed by atoms with Crippen molar-refractivity contribution in [3.05, 3.63) is 69.2 Å². The number of rotatable bonds is 20. The molecule has 14 heteroatoms. The molecule has 5 aromatic rings. The molecule has 58 heavy (non-hydrogen) atoms. The Bertz CT molecular complexity index is 2310. The summed E-state index contributed by atoms with van der Waals surface area (Å²) >= 11 is 5.23. The van der Waals surface area contributed by atoms with E-state index in [1.165, 1.54) is 4.57 Å². The van der Waals surface area contributed by atoms with Crippen molar-refractivity contribution in [2.75, 3.05) is 54.5 Å². The number of aromatic nitrogens is 1. The number of halogens is 3. The summed E-state index contributed by atoms with van der Waals surface area (Å²) in [7, 11) is 7.91. The Kier molecular flexibility index (Phi) is 17.3. The largest absolute Gasteiger partial charge is 1.00 e. The molecule has 0 radical (unpaired) electrons. The molecule has 3 aromatic carbocycles. The van der Waals surface area contributed by atoms with Crippen LogP contribution in [0, 0.1) is 10.8 Å². The molecule has 0 amide bonds. The van der Waals surface area contributed by atoms with E-state index in [1.807, 2.05) is 78.4 Å². The van der Waals surface area contributed by atoms with Crippen LogP contribution in [0.2, 0.25) is 0 Å². The molecule has 5 rings (SSSR count). The van der Waals surface area contributed by atoms with Crippen molar-refractivity contribution in [3.8, 4) is 0 Å². The second-order valence-corrected chi connectivity index (χ2v) is 20.0. The third-order valence-electron chi connectivity index (χ3n) is 10.9. The van der Waals surface area contributed by atoms with Crippen LogP contribution in [0.25, 0.3) is 41.7 Å². The van der Waals surface area contributed by atoms with Crippen LogP contribution in [0.4, 0.5) is 0 Å². The number of hydrogen-bond acceptors (Lipinski definition) is 8. The van der Waals surface area contributed by atoms with Gasteiger partial charge in [0.1, 0.15) is 36.4 Å². The Morgan fingerprint density at radius 1 is 0.672 bits per heavy atom. The average Bonchev–Trinajstić information content (AvgIpc) is 3.12. The Morgan fingerprint density at radius 2 is 1.22 bits per heavy atom. The number of hydrogen-bond donors (Lipinski definition) is 2. The first-order chi connectivity index (χ1) is 26.4. The second kappa shape index (κ2) is 20.4. The van der Waals surface area contributed by atoms with E-state index in [1.54, 1.807) is 25.2 Å². The van der Waals surface area contributed by atoms with Gasteiger partial charge >= 0.3 is 11.9 Å². The number of ketones is 1. The van der Waals surface area contributed by atoms with E-state index in [4.69, 9.17) is 9.47 Å². The number of alkyl halides is 1. The summed E-state index contributed by atoms with van der Waals surface area (Å²) in [4.78, 5) is 70.3. The molecule has 0 saturated carbocycles. The summed E-state index contributed by atoms with van der Waals surface area (Å²) in [6.07, 6.45) is 3.38. The number of quaternary nitrogens is 2. The van der Waals surface area contributed by atoms with E-state index in [2.05, 4.69) is 28.1 Å². The predicted octanol–water partition coefficient (Wildman–Crippen LogP) is -0.810. The molecule has 0 saturated heterocycles. The van der Waals surface area contributed by atoms with Crippen LogP contribution in [-0.2, 0) is 30.4 Å². The number of benzene rings is 3. The van der Waals surface area contributed by atoms with Crippen LogP contribution in [0.5, 0.6) is 0 Å². The molecule has 2 aromatic heterocycles. The highest BCUT2D eigenvalue weighted by molar-refractivity contribution is 9.10. The van der Waals surface area contributed by atoms with E-state index >= 15 is 0 Å². The Hall–Kier alpha value is -3.13. The van der Waals surface area contributed by atoms with E-state index in [0.717, 1.165) is 53.6 Å². The molecule has 2 unspecified atom stereocenters. The fourth-order valence-corrected chi connectivity index (χ4v) is 9.82. The number of likely N-dealkylation sites (N-methyl/N-ethyl adjacent to an activating group) is 2. The first kappa shape index (κ1) is 49.2. The minimum absolute atomic E-state index is 0. The van der Waals surface area contributed by atoms with Gasteiger partial charge in [-0.15, -0.1) is 11.3 Å². The summed E-state index contributed by atoms with van der Waals surface area (Å²) in [6.45, 7) is 9.26. The van der Waals surface area contributed by atoms with E-state index in [-0.39, 0.29) is 67.8 Å². The lowest BCUT2D eigenvalue weighted by molar-refractivity contribution is -0.858. The molecular formula is C44H58BrCl2N3O7S. The van der Waals surface area contributed by atoms with Crippen LogP contribution in [0.1, 0.15) is 72.6 Å². The number of fused-ring (bicyclic) bond motifs is 2. The number of nitrogens with zero attached hydrogens (tertiary/aromatic N) is 1. The van der Waals surface area contributed by atoms with Crippen molar-refractivity contribution >= 4 is 86.7 Å². The topological polar surface area (TPSA) is 118 Å². The quantitative estimate of drug-likeness (QED) is 0.0346. The standard InChI is InChI=1S/C44H56BrN3O7S.2ClH/c1-42(2,27-43(3,40(52)54-25-23-46(5)6)28-44(4,45)41(53)55-26-24-47(7)8)35(49)17-11-9-10-14-22-48-38(50)31-19-18-30-29-15-12-13-16-33(29)56-34-21-20-32(39(48)51)36(31)37(30)34;;/h12-13,15-16,18-21H,9-11,14,17,22-28H2,1-8H3;2*1H. The summed E-state index contributed by atoms with van der Waals surface area (Å²) < 4.78 is 13.7. The highest BCUT2D eigenvalue weighted by atomic mass is 79.9. The van der Waals surface area contributed by atoms with Gasteiger partial charge in [-0.25, -0.2) is 0 Å². The van der Waals surface area contributed by atoms with Gasteiger partial charge in [-0.3, -0.25) is 28.5 Å². The Labute approximate surface area is 365 Å². The molecule has 0 aliphatic carbocycles. The molecular weight excluding hydrogens is 865 g/mol. The fourth-order valence-electron chi connectivity index (χ4n) is 7.97. The minimum Gasteiger partial charge on any atom is -1.00 e. The maximum atomic E-state index is 13.7. The molecule has 0 aliphatic heterocycles. The summed E-state index contributed by atoms with van der Waals surface area (Å²) in [5.74, 6) is -0.868. The molecule has 2 atom stereocenters. The maximum absolute atomic E-state index is 13.7.